The molecule has 0 amide bonds. The van der Waals surface area contributed by atoms with E-state index in [2.05, 4.69) is 4.98 Å². The molecule has 0 saturated carbocycles. The van der Waals surface area contributed by atoms with E-state index in [4.69, 9.17) is 5.73 Å². The number of hydrogen-bond donors (Lipinski definition) is 2. The quantitative estimate of drug-likeness (QED) is 0.808. The van der Waals surface area contributed by atoms with Crippen molar-refractivity contribution in [2.75, 3.05) is 12.3 Å². The highest BCUT2D eigenvalue weighted by Crippen LogP contribution is 2.27. The monoisotopic (exact) mass is 260 g/mol. The third kappa shape index (κ3) is 3.10. The molecule has 3 nitrogen and oxygen atoms in total. The van der Waals surface area contributed by atoms with Gasteiger partial charge in [-0.3, -0.25) is 0 Å². The number of hydrogen-bond acceptors (Lipinski definition) is 4. The minimum atomic E-state index is -1.01. The van der Waals surface area contributed by atoms with Crippen molar-refractivity contribution in [2.45, 2.75) is 10.6 Å². The van der Waals surface area contributed by atoms with Crippen LogP contribution in [0, 0.1) is 0 Å². The summed E-state index contributed by atoms with van der Waals surface area (Å²) in [5, 5.41) is 11.5. The van der Waals surface area contributed by atoms with E-state index in [0.717, 1.165) is 10.6 Å². The number of thioether (sulfide) groups is 1. The van der Waals surface area contributed by atoms with Gasteiger partial charge >= 0.3 is 0 Å². The first-order valence-corrected chi connectivity index (χ1v) is 6.75. The number of nitrogens with zero attached hydrogens (tertiary/aromatic N) is 1. The topological polar surface area (TPSA) is 59.1 Å². The number of rotatable bonds is 5. The normalized spacial score (nSPS) is 14.1. The van der Waals surface area contributed by atoms with E-state index in [1.807, 2.05) is 48.5 Å². The molecule has 3 N–H and O–H groups in total. The van der Waals surface area contributed by atoms with E-state index in [9.17, 15) is 5.11 Å². The van der Waals surface area contributed by atoms with Crippen molar-refractivity contribution < 1.29 is 5.11 Å². The second-order valence-corrected chi connectivity index (χ2v) is 5.05. The highest BCUT2D eigenvalue weighted by molar-refractivity contribution is 7.99. The van der Waals surface area contributed by atoms with Crippen LogP contribution in [0.5, 0.6) is 0 Å². The average molecular weight is 260 g/mol. The van der Waals surface area contributed by atoms with Gasteiger partial charge in [0.2, 0.25) is 0 Å². The second-order valence-electron chi connectivity index (χ2n) is 4.06. The van der Waals surface area contributed by atoms with Crippen LogP contribution < -0.4 is 5.73 Å². The van der Waals surface area contributed by atoms with E-state index in [-0.39, 0.29) is 6.54 Å². The van der Waals surface area contributed by atoms with Crippen LogP contribution in [0.15, 0.2) is 59.8 Å². The highest BCUT2D eigenvalue weighted by atomic mass is 32.2. The molecule has 2 aromatic rings. The van der Waals surface area contributed by atoms with Gasteiger partial charge in [0.15, 0.2) is 0 Å². The number of aliphatic hydroxyl groups is 1. The maximum Gasteiger partial charge on any atom is 0.111 e. The second kappa shape index (κ2) is 6.00. The van der Waals surface area contributed by atoms with E-state index < -0.39 is 5.60 Å². The number of nitrogens with two attached hydrogens (primary N) is 1. The molecule has 1 atom stereocenters. The molecule has 0 spiro atoms. The molecule has 1 heterocycles. The van der Waals surface area contributed by atoms with Gasteiger partial charge < -0.3 is 10.8 Å². The van der Waals surface area contributed by atoms with E-state index in [1.54, 1.807) is 6.20 Å². The summed E-state index contributed by atoms with van der Waals surface area (Å²) in [6, 6.07) is 15.2. The summed E-state index contributed by atoms with van der Waals surface area (Å²) in [6.07, 6.45) is 1.74. The smallest absolute Gasteiger partial charge is 0.111 e. The maximum atomic E-state index is 10.6. The molecule has 0 fully saturated rings. The van der Waals surface area contributed by atoms with Gasteiger partial charge in [-0.05, 0) is 17.7 Å². The Morgan fingerprint density at radius 2 is 1.83 bits per heavy atom. The SMILES string of the molecule is NCC(O)(CSc1ccccn1)c1ccccc1. The zero-order chi connectivity index (χ0) is 12.8. The molecular weight excluding hydrogens is 244 g/mol. The molecule has 4 heteroatoms. The van der Waals surface area contributed by atoms with Crippen LogP contribution in [-0.4, -0.2) is 22.4 Å². The summed E-state index contributed by atoms with van der Waals surface area (Å²) in [5.41, 5.74) is 5.55. The molecular formula is C14H16N2OS. The molecule has 2 rings (SSSR count). The first-order valence-electron chi connectivity index (χ1n) is 5.76. The summed E-state index contributed by atoms with van der Waals surface area (Å²) in [4.78, 5) is 4.22. The van der Waals surface area contributed by atoms with Crippen molar-refractivity contribution in [2.24, 2.45) is 5.73 Å². The van der Waals surface area contributed by atoms with Gasteiger partial charge in [0, 0.05) is 18.5 Å². The Bertz CT molecular complexity index is 478. The summed E-state index contributed by atoms with van der Waals surface area (Å²) in [6.45, 7) is 0.191. The van der Waals surface area contributed by atoms with Gasteiger partial charge in [0.25, 0.3) is 0 Å². The molecule has 0 aliphatic carbocycles. The van der Waals surface area contributed by atoms with Crippen LogP contribution >= 0.6 is 11.8 Å². The largest absolute Gasteiger partial charge is 0.383 e. The summed E-state index contributed by atoms with van der Waals surface area (Å²) in [7, 11) is 0. The molecule has 94 valence electrons. The Morgan fingerprint density at radius 3 is 2.44 bits per heavy atom. The summed E-state index contributed by atoms with van der Waals surface area (Å²) < 4.78 is 0. The van der Waals surface area contributed by atoms with Crippen molar-refractivity contribution in [3.05, 3.63) is 60.3 Å². The Morgan fingerprint density at radius 1 is 1.11 bits per heavy atom. The van der Waals surface area contributed by atoms with E-state index in [0.29, 0.717) is 5.75 Å². The standard InChI is InChI=1S/C14H16N2OS/c15-10-14(17,12-6-2-1-3-7-12)11-18-13-8-4-5-9-16-13/h1-9,17H,10-11,15H2. The fourth-order valence-corrected chi connectivity index (χ4v) is 2.62. The Labute approximate surface area is 111 Å². The Hall–Kier alpha value is -1.36. The minimum Gasteiger partial charge on any atom is -0.383 e. The van der Waals surface area contributed by atoms with Gasteiger partial charge in [-0.15, -0.1) is 11.8 Å². The van der Waals surface area contributed by atoms with Crippen molar-refractivity contribution in [3.8, 4) is 0 Å². The van der Waals surface area contributed by atoms with Gasteiger partial charge in [-0.1, -0.05) is 36.4 Å². The van der Waals surface area contributed by atoms with Crippen molar-refractivity contribution >= 4 is 11.8 Å². The van der Waals surface area contributed by atoms with Crippen LogP contribution in [0.25, 0.3) is 0 Å². The fourth-order valence-electron chi connectivity index (χ4n) is 1.63. The lowest BCUT2D eigenvalue weighted by Gasteiger charge is -2.26. The van der Waals surface area contributed by atoms with Gasteiger partial charge in [-0.2, -0.15) is 0 Å². The van der Waals surface area contributed by atoms with Crippen molar-refractivity contribution in [1.82, 2.24) is 4.98 Å². The molecule has 18 heavy (non-hydrogen) atoms. The van der Waals surface area contributed by atoms with Gasteiger partial charge in [0.05, 0.1) is 5.03 Å². The van der Waals surface area contributed by atoms with Gasteiger partial charge in [-0.25, -0.2) is 4.98 Å². The Kier molecular flexibility index (Phi) is 4.36. The molecule has 1 unspecified atom stereocenters. The van der Waals surface area contributed by atoms with Crippen LogP contribution in [0.1, 0.15) is 5.56 Å². The predicted octanol–water partition coefficient (Wildman–Crippen LogP) is 2.02. The summed E-state index contributed by atoms with van der Waals surface area (Å²) in [5.74, 6) is 0.491. The van der Waals surface area contributed by atoms with Crippen molar-refractivity contribution in [1.29, 1.82) is 0 Å². The predicted molar refractivity (Wildman–Crippen MR) is 74.4 cm³/mol. The molecule has 1 aromatic heterocycles. The highest BCUT2D eigenvalue weighted by Gasteiger charge is 2.27. The lowest BCUT2D eigenvalue weighted by Crippen LogP contribution is -2.37. The van der Waals surface area contributed by atoms with Crippen LogP contribution in [0.4, 0.5) is 0 Å². The first kappa shape index (κ1) is 13.1. The molecule has 0 aliphatic heterocycles. The zero-order valence-corrected chi connectivity index (χ0v) is 10.8. The van der Waals surface area contributed by atoms with E-state index >= 15 is 0 Å². The van der Waals surface area contributed by atoms with E-state index in [1.165, 1.54) is 11.8 Å². The van der Waals surface area contributed by atoms with Gasteiger partial charge in [0.1, 0.15) is 5.60 Å². The molecule has 0 aliphatic rings. The van der Waals surface area contributed by atoms with Crippen molar-refractivity contribution in [3.63, 3.8) is 0 Å². The third-order valence-electron chi connectivity index (χ3n) is 2.75. The zero-order valence-electron chi connectivity index (χ0n) is 9.99. The molecule has 0 saturated heterocycles. The number of aromatic nitrogens is 1. The van der Waals surface area contributed by atoms with Crippen LogP contribution in [-0.2, 0) is 5.60 Å². The number of benzene rings is 1. The number of pyridine rings is 1. The summed E-state index contributed by atoms with van der Waals surface area (Å²) >= 11 is 1.51. The third-order valence-corrected chi connectivity index (χ3v) is 3.90. The Balaban J connectivity index is 2.10. The first-order chi connectivity index (χ1) is 8.74. The van der Waals surface area contributed by atoms with Crippen LogP contribution in [0.3, 0.4) is 0 Å². The fraction of sp³-hybridized carbons (Fsp3) is 0.214. The molecule has 0 bridgehead atoms. The molecule has 0 radical (unpaired) electrons. The molecule has 1 aromatic carbocycles. The lowest BCUT2D eigenvalue weighted by molar-refractivity contribution is 0.0721. The minimum absolute atomic E-state index is 0.191. The maximum absolute atomic E-state index is 10.6. The lowest BCUT2D eigenvalue weighted by atomic mass is 9.96. The van der Waals surface area contributed by atoms with Crippen LogP contribution in [0.2, 0.25) is 0 Å². The average Bonchev–Trinajstić information content (AvgIpc) is 2.47.